The van der Waals surface area contributed by atoms with E-state index in [1.54, 1.807) is 0 Å². The summed E-state index contributed by atoms with van der Waals surface area (Å²) in [5, 5.41) is 11.0. The van der Waals surface area contributed by atoms with Crippen molar-refractivity contribution < 1.29 is 5.11 Å². The highest BCUT2D eigenvalue weighted by molar-refractivity contribution is 5.42. The van der Waals surface area contributed by atoms with Crippen molar-refractivity contribution in [2.24, 2.45) is 0 Å². The smallest absolute Gasteiger partial charge is 0.137 e. The van der Waals surface area contributed by atoms with E-state index in [2.05, 4.69) is 32.3 Å². The van der Waals surface area contributed by atoms with Crippen LogP contribution < -0.4 is 0 Å². The summed E-state index contributed by atoms with van der Waals surface area (Å²) in [4.78, 5) is 9.48. The highest BCUT2D eigenvalue weighted by Crippen LogP contribution is 2.26. The van der Waals surface area contributed by atoms with Gasteiger partial charge in [0.2, 0.25) is 0 Å². The molecule has 24 heavy (non-hydrogen) atoms. The lowest BCUT2D eigenvalue weighted by Crippen LogP contribution is -2.46. The normalized spacial score (nSPS) is 26.4. The molecule has 0 radical (unpaired) electrons. The van der Waals surface area contributed by atoms with E-state index in [0.717, 1.165) is 57.0 Å². The van der Waals surface area contributed by atoms with E-state index in [9.17, 15) is 5.11 Å². The Kier molecular flexibility index (Phi) is 4.33. The molecule has 0 amide bonds. The summed E-state index contributed by atoms with van der Waals surface area (Å²) < 4.78 is 2.18. The third-order valence-electron chi connectivity index (χ3n) is 5.58. The van der Waals surface area contributed by atoms with Crippen molar-refractivity contribution in [1.29, 1.82) is 0 Å². The van der Waals surface area contributed by atoms with E-state index in [-0.39, 0.29) is 0 Å². The van der Waals surface area contributed by atoms with Crippen molar-refractivity contribution in [2.75, 3.05) is 32.7 Å². The number of nitrogens with zero attached hydrogens (tertiary/aromatic N) is 4. The van der Waals surface area contributed by atoms with E-state index in [4.69, 9.17) is 0 Å². The lowest BCUT2D eigenvalue weighted by Gasteiger charge is -2.33. The first-order valence-electron chi connectivity index (χ1n) is 9.23. The number of aromatic nitrogens is 2. The Morgan fingerprint density at radius 1 is 1.12 bits per heavy atom. The molecule has 0 saturated carbocycles. The molecule has 5 heteroatoms. The summed E-state index contributed by atoms with van der Waals surface area (Å²) in [6, 6.07) is 6.13. The minimum Gasteiger partial charge on any atom is -0.387 e. The second-order valence-corrected chi connectivity index (χ2v) is 7.59. The standard InChI is InChI=1S/C19H28N4O/c1-16-17(23-11-6-3-7-18(23)20-16)13-22-12-8-19(24,15-22)14-21-9-4-2-5-10-21/h3,6-7,11,24H,2,4-5,8-10,12-15H2,1H3/t19-/m0/s1. The molecule has 0 bridgehead atoms. The Morgan fingerprint density at radius 2 is 1.96 bits per heavy atom. The summed E-state index contributed by atoms with van der Waals surface area (Å²) >= 11 is 0. The van der Waals surface area contributed by atoms with Crippen molar-refractivity contribution in [3.8, 4) is 0 Å². The molecule has 0 spiro atoms. The molecule has 1 N–H and O–H groups in total. The van der Waals surface area contributed by atoms with Gasteiger partial charge >= 0.3 is 0 Å². The predicted molar refractivity (Wildman–Crippen MR) is 95.1 cm³/mol. The average molecular weight is 328 g/mol. The van der Waals surface area contributed by atoms with Gasteiger partial charge in [0.15, 0.2) is 0 Å². The number of pyridine rings is 1. The van der Waals surface area contributed by atoms with Gasteiger partial charge in [-0.05, 0) is 51.4 Å². The van der Waals surface area contributed by atoms with Crippen LogP contribution in [0.15, 0.2) is 24.4 Å². The number of β-amino-alcohol motifs (C(OH)–C–C–N with tert-alkyl or cyclic N) is 1. The summed E-state index contributed by atoms with van der Waals surface area (Å²) in [5.74, 6) is 0. The number of aryl methyl sites for hydroxylation is 1. The van der Waals surface area contributed by atoms with Crippen LogP contribution in [-0.2, 0) is 6.54 Å². The fourth-order valence-corrected chi connectivity index (χ4v) is 4.30. The molecule has 2 aromatic heterocycles. The maximum Gasteiger partial charge on any atom is 0.137 e. The third kappa shape index (κ3) is 3.21. The van der Waals surface area contributed by atoms with Crippen molar-refractivity contribution in [3.63, 3.8) is 0 Å². The van der Waals surface area contributed by atoms with Gasteiger partial charge in [0.1, 0.15) is 5.65 Å². The van der Waals surface area contributed by atoms with Crippen LogP contribution in [0.5, 0.6) is 0 Å². The molecule has 2 aliphatic rings. The van der Waals surface area contributed by atoms with Crippen LogP contribution in [0.4, 0.5) is 0 Å². The number of hydrogen-bond acceptors (Lipinski definition) is 4. The van der Waals surface area contributed by atoms with E-state index in [0.29, 0.717) is 0 Å². The zero-order valence-electron chi connectivity index (χ0n) is 14.6. The van der Waals surface area contributed by atoms with Gasteiger partial charge < -0.3 is 14.4 Å². The monoisotopic (exact) mass is 328 g/mol. The van der Waals surface area contributed by atoms with Gasteiger partial charge in [0.05, 0.1) is 17.0 Å². The number of likely N-dealkylation sites (tertiary alicyclic amines) is 2. The second kappa shape index (κ2) is 6.47. The first-order valence-corrected chi connectivity index (χ1v) is 9.23. The van der Waals surface area contributed by atoms with Gasteiger partial charge in [-0.2, -0.15) is 0 Å². The van der Waals surface area contributed by atoms with E-state index >= 15 is 0 Å². The Bertz CT molecular complexity index is 706. The number of imidazole rings is 1. The van der Waals surface area contributed by atoms with Gasteiger partial charge in [0.25, 0.3) is 0 Å². The van der Waals surface area contributed by atoms with Crippen LogP contribution in [0.3, 0.4) is 0 Å². The number of hydrogen-bond donors (Lipinski definition) is 1. The molecule has 2 aromatic rings. The predicted octanol–water partition coefficient (Wildman–Crippen LogP) is 2.07. The highest BCUT2D eigenvalue weighted by atomic mass is 16.3. The van der Waals surface area contributed by atoms with E-state index < -0.39 is 5.60 Å². The lowest BCUT2D eigenvalue weighted by molar-refractivity contribution is 0.00624. The molecule has 2 saturated heterocycles. The molecule has 0 unspecified atom stereocenters. The van der Waals surface area contributed by atoms with Crippen molar-refractivity contribution in [1.82, 2.24) is 19.2 Å². The SMILES string of the molecule is Cc1nc2ccccn2c1CN1CC[C@](O)(CN2CCCCC2)C1. The maximum absolute atomic E-state index is 11.0. The zero-order chi connectivity index (χ0) is 16.6. The quantitative estimate of drug-likeness (QED) is 0.933. The van der Waals surface area contributed by atoms with Crippen LogP contribution in [0.1, 0.15) is 37.1 Å². The van der Waals surface area contributed by atoms with Crippen LogP contribution in [0, 0.1) is 6.92 Å². The van der Waals surface area contributed by atoms with Crippen LogP contribution >= 0.6 is 0 Å². The van der Waals surface area contributed by atoms with Gasteiger partial charge in [0, 0.05) is 32.4 Å². The first-order chi connectivity index (χ1) is 11.6. The van der Waals surface area contributed by atoms with Crippen LogP contribution in [0.25, 0.3) is 5.65 Å². The van der Waals surface area contributed by atoms with Gasteiger partial charge in [-0.3, -0.25) is 4.90 Å². The zero-order valence-corrected chi connectivity index (χ0v) is 14.6. The van der Waals surface area contributed by atoms with Crippen LogP contribution in [-0.4, -0.2) is 62.6 Å². The Balaban J connectivity index is 1.43. The maximum atomic E-state index is 11.0. The first kappa shape index (κ1) is 16.1. The number of fused-ring (bicyclic) bond motifs is 1. The van der Waals surface area contributed by atoms with Gasteiger partial charge in [-0.25, -0.2) is 4.98 Å². The Hall–Kier alpha value is -1.43. The molecule has 1 atom stereocenters. The second-order valence-electron chi connectivity index (χ2n) is 7.59. The molecular weight excluding hydrogens is 300 g/mol. The molecule has 2 fully saturated rings. The topological polar surface area (TPSA) is 44.0 Å². The molecule has 2 aliphatic heterocycles. The Morgan fingerprint density at radius 3 is 2.79 bits per heavy atom. The molecule has 0 aliphatic carbocycles. The summed E-state index contributed by atoms with van der Waals surface area (Å²) in [5.41, 5.74) is 2.79. The summed E-state index contributed by atoms with van der Waals surface area (Å²) in [7, 11) is 0. The van der Waals surface area contributed by atoms with Gasteiger partial charge in [-0.15, -0.1) is 0 Å². The van der Waals surface area contributed by atoms with Gasteiger partial charge in [-0.1, -0.05) is 12.5 Å². The van der Waals surface area contributed by atoms with Crippen molar-refractivity contribution >= 4 is 5.65 Å². The molecular formula is C19H28N4O. The third-order valence-corrected chi connectivity index (χ3v) is 5.58. The summed E-state index contributed by atoms with van der Waals surface area (Å²) in [6.45, 7) is 7.80. The molecule has 0 aromatic carbocycles. The lowest BCUT2D eigenvalue weighted by atomic mass is 10.0. The fourth-order valence-electron chi connectivity index (χ4n) is 4.30. The number of rotatable bonds is 4. The van der Waals surface area contributed by atoms with E-state index in [1.807, 2.05) is 18.2 Å². The molecule has 4 heterocycles. The molecule has 130 valence electrons. The van der Waals surface area contributed by atoms with Crippen molar-refractivity contribution in [2.45, 2.75) is 44.8 Å². The molecule has 4 rings (SSSR count). The number of aliphatic hydroxyl groups is 1. The number of piperidine rings is 1. The summed E-state index contributed by atoms with van der Waals surface area (Å²) in [6.07, 6.45) is 6.86. The fraction of sp³-hybridized carbons (Fsp3) is 0.632. The molecule has 5 nitrogen and oxygen atoms in total. The van der Waals surface area contributed by atoms with E-state index in [1.165, 1.54) is 25.0 Å². The van der Waals surface area contributed by atoms with Crippen LogP contribution in [0.2, 0.25) is 0 Å². The minimum absolute atomic E-state index is 0.550. The minimum atomic E-state index is -0.550. The average Bonchev–Trinajstić information content (AvgIpc) is 3.09. The largest absolute Gasteiger partial charge is 0.387 e. The van der Waals surface area contributed by atoms with Crippen molar-refractivity contribution in [3.05, 3.63) is 35.8 Å². The Labute approximate surface area is 143 Å². The highest BCUT2D eigenvalue weighted by Gasteiger charge is 2.38.